The quantitative estimate of drug-likeness (QED) is 0.557. The third-order valence-corrected chi connectivity index (χ3v) is 8.41. The highest BCUT2D eigenvalue weighted by molar-refractivity contribution is 7.89. The molecule has 3 aromatic rings. The van der Waals surface area contributed by atoms with E-state index >= 15 is 0 Å². The Morgan fingerprint density at radius 2 is 1.77 bits per heavy atom. The number of nitrogens with one attached hydrogen (secondary N) is 1. The van der Waals surface area contributed by atoms with Crippen LogP contribution in [0.2, 0.25) is 0 Å². The van der Waals surface area contributed by atoms with Crippen molar-refractivity contribution in [2.45, 2.75) is 38.6 Å². The maximum absolute atomic E-state index is 13.6. The second-order valence-electron chi connectivity index (χ2n) is 8.38. The molecule has 1 aromatic heterocycles. The number of benzene rings is 2. The van der Waals surface area contributed by atoms with Crippen LogP contribution in [0.1, 0.15) is 38.3 Å². The molecule has 2 aromatic carbocycles. The van der Waals surface area contributed by atoms with Gasteiger partial charge >= 0.3 is 0 Å². The highest BCUT2D eigenvalue weighted by Crippen LogP contribution is 2.34. The lowest BCUT2D eigenvalue weighted by Crippen LogP contribution is -2.37. The zero-order valence-electron chi connectivity index (χ0n) is 20.4. The molecule has 4 rings (SSSR count). The van der Waals surface area contributed by atoms with E-state index in [0.29, 0.717) is 50.8 Å². The van der Waals surface area contributed by atoms with Gasteiger partial charge in [0.15, 0.2) is 0 Å². The molecule has 1 aliphatic heterocycles. The van der Waals surface area contributed by atoms with Crippen molar-refractivity contribution in [1.29, 1.82) is 0 Å². The van der Waals surface area contributed by atoms with Gasteiger partial charge in [0.05, 0.1) is 30.4 Å². The average Bonchev–Trinajstić information content (AvgIpc) is 2.85. The summed E-state index contributed by atoms with van der Waals surface area (Å²) >= 11 is 0. The van der Waals surface area contributed by atoms with E-state index in [1.165, 1.54) is 11.4 Å². The predicted octanol–water partition coefficient (Wildman–Crippen LogP) is 3.42. The highest BCUT2D eigenvalue weighted by Gasteiger charge is 2.32. The second-order valence-corrected chi connectivity index (χ2v) is 10.3. The van der Waals surface area contributed by atoms with Gasteiger partial charge in [0.1, 0.15) is 11.5 Å². The topological polar surface area (TPSA) is 111 Å². The zero-order valence-corrected chi connectivity index (χ0v) is 21.2. The summed E-state index contributed by atoms with van der Waals surface area (Å²) in [6.45, 7) is 5.86. The van der Waals surface area contributed by atoms with Crippen LogP contribution in [0.15, 0.2) is 41.4 Å². The van der Waals surface area contributed by atoms with Crippen molar-refractivity contribution >= 4 is 21.9 Å². The Labute approximate surface area is 205 Å². The summed E-state index contributed by atoms with van der Waals surface area (Å²) in [7, 11) is -0.677. The van der Waals surface area contributed by atoms with E-state index in [1.54, 1.807) is 57.5 Å². The van der Waals surface area contributed by atoms with Crippen LogP contribution in [0.25, 0.3) is 0 Å². The number of aryl methyl sites for hydroxylation is 1. The Bertz CT molecular complexity index is 1410. The first-order valence-corrected chi connectivity index (χ1v) is 12.6. The smallest absolute Gasteiger partial charge is 0.261 e. The van der Waals surface area contributed by atoms with Crippen molar-refractivity contribution in [2.24, 2.45) is 0 Å². The minimum atomic E-state index is -3.75. The normalized spacial score (nSPS) is 13.7. The largest absolute Gasteiger partial charge is 0.496 e. The zero-order chi connectivity index (χ0) is 25.3. The molecule has 184 valence electrons. The van der Waals surface area contributed by atoms with E-state index in [9.17, 15) is 13.2 Å². The fourth-order valence-corrected chi connectivity index (χ4v) is 6.22. The molecular formula is C25H28N4O5S. The maximum Gasteiger partial charge on any atom is 0.261 e. The van der Waals surface area contributed by atoms with Crippen molar-refractivity contribution in [3.63, 3.8) is 0 Å². The van der Waals surface area contributed by atoms with Gasteiger partial charge in [-0.25, -0.2) is 18.4 Å². The number of carbonyl (C=O) groups is 1. The molecule has 0 aliphatic carbocycles. The number of sulfonamides is 1. The number of anilines is 1. The number of fused-ring (bicyclic) bond motifs is 1. The van der Waals surface area contributed by atoms with Crippen LogP contribution in [0.3, 0.4) is 0 Å². The number of hydrogen-bond acceptors (Lipinski definition) is 7. The van der Waals surface area contributed by atoms with Gasteiger partial charge in [-0.1, -0.05) is 12.1 Å². The fourth-order valence-electron chi connectivity index (χ4n) is 4.32. The van der Waals surface area contributed by atoms with Crippen molar-refractivity contribution in [3.05, 3.63) is 70.0 Å². The predicted molar refractivity (Wildman–Crippen MR) is 131 cm³/mol. The Morgan fingerprint density at radius 1 is 1.06 bits per heavy atom. The van der Waals surface area contributed by atoms with Gasteiger partial charge in [-0.3, -0.25) is 10.1 Å². The number of rotatable bonds is 6. The number of carbonyl (C=O) groups excluding carboxylic acids is 1. The lowest BCUT2D eigenvalue weighted by atomic mass is 10.1. The first kappa shape index (κ1) is 24.6. The molecular weight excluding hydrogens is 468 g/mol. The van der Waals surface area contributed by atoms with Gasteiger partial charge in [-0.05, 0) is 55.7 Å². The molecule has 9 nitrogen and oxygen atoms in total. The molecule has 1 amide bonds. The first-order chi connectivity index (χ1) is 16.7. The minimum Gasteiger partial charge on any atom is -0.496 e. The molecule has 0 unspecified atom stereocenters. The van der Waals surface area contributed by atoms with E-state index in [0.717, 1.165) is 5.56 Å². The average molecular weight is 497 g/mol. The summed E-state index contributed by atoms with van der Waals surface area (Å²) < 4.78 is 39.3. The van der Waals surface area contributed by atoms with Gasteiger partial charge in [-0.2, -0.15) is 4.31 Å². The molecule has 1 N–H and O–H groups in total. The van der Waals surface area contributed by atoms with Crippen molar-refractivity contribution in [2.75, 3.05) is 26.1 Å². The summed E-state index contributed by atoms with van der Waals surface area (Å²) in [5, 5.41) is 2.70. The monoisotopic (exact) mass is 496 g/mol. The van der Waals surface area contributed by atoms with E-state index in [2.05, 4.69) is 15.3 Å². The third kappa shape index (κ3) is 4.59. The summed E-state index contributed by atoms with van der Waals surface area (Å²) in [5.74, 6) is 0.888. The van der Waals surface area contributed by atoms with E-state index < -0.39 is 10.0 Å². The summed E-state index contributed by atoms with van der Waals surface area (Å²) in [6, 6.07) is 8.63. The Morgan fingerprint density at radius 3 is 2.49 bits per heavy atom. The number of para-hydroxylation sites is 1. The third-order valence-electron chi connectivity index (χ3n) is 6.27. The minimum absolute atomic E-state index is 0.155. The van der Waals surface area contributed by atoms with Gasteiger partial charge in [0, 0.05) is 31.3 Å². The van der Waals surface area contributed by atoms with Crippen LogP contribution in [0.4, 0.5) is 5.95 Å². The number of ether oxygens (including phenoxy) is 2. The van der Waals surface area contributed by atoms with E-state index in [-0.39, 0.29) is 24.9 Å². The number of aromatic nitrogens is 2. The van der Waals surface area contributed by atoms with E-state index in [1.807, 2.05) is 6.92 Å². The van der Waals surface area contributed by atoms with Crippen LogP contribution in [-0.4, -0.2) is 49.4 Å². The molecule has 10 heteroatoms. The number of methoxy groups -OCH3 is 2. The maximum atomic E-state index is 13.6. The van der Waals surface area contributed by atoms with Gasteiger partial charge in [0.25, 0.3) is 5.91 Å². The van der Waals surface area contributed by atoms with Crippen LogP contribution in [0, 0.1) is 20.8 Å². The SMILES string of the molecule is COc1ccccc1C(=O)Nc1ncc2c(n1)CCN(S(=O)(=O)c1c(C)cc(OC)c(C)c1C)C2. The summed E-state index contributed by atoms with van der Waals surface area (Å²) in [6.07, 6.45) is 1.97. The lowest BCUT2D eigenvalue weighted by Gasteiger charge is -2.29. The standard InChI is InChI=1S/C25H28N4O5S/c1-15-12-22(34-5)16(2)17(3)23(15)35(31,32)29-11-10-20-18(14-29)13-26-25(27-20)28-24(30)19-8-6-7-9-21(19)33-4/h6-9,12-13H,10-11,14H2,1-5H3,(H,26,27,28,30). The van der Waals surface area contributed by atoms with Crippen LogP contribution >= 0.6 is 0 Å². The van der Waals surface area contributed by atoms with Crippen molar-refractivity contribution in [3.8, 4) is 11.5 Å². The molecule has 0 saturated heterocycles. The molecule has 0 saturated carbocycles. The number of amides is 1. The Balaban J connectivity index is 1.57. The van der Waals surface area contributed by atoms with Gasteiger partial charge < -0.3 is 9.47 Å². The first-order valence-electron chi connectivity index (χ1n) is 11.1. The van der Waals surface area contributed by atoms with Crippen molar-refractivity contribution < 1.29 is 22.7 Å². The second kappa shape index (κ2) is 9.63. The van der Waals surface area contributed by atoms with Crippen LogP contribution < -0.4 is 14.8 Å². The fraction of sp³-hybridized carbons (Fsp3) is 0.320. The summed E-state index contributed by atoms with van der Waals surface area (Å²) in [5.41, 5.74) is 3.90. The molecule has 0 bridgehead atoms. The number of hydrogen-bond donors (Lipinski definition) is 1. The Kier molecular flexibility index (Phi) is 6.77. The molecule has 2 heterocycles. The molecule has 0 spiro atoms. The molecule has 0 atom stereocenters. The highest BCUT2D eigenvalue weighted by atomic mass is 32.2. The van der Waals surface area contributed by atoms with Crippen LogP contribution in [-0.2, 0) is 23.0 Å². The molecule has 0 radical (unpaired) electrons. The van der Waals surface area contributed by atoms with Gasteiger partial charge in [0.2, 0.25) is 16.0 Å². The Hall–Kier alpha value is -3.50. The summed E-state index contributed by atoms with van der Waals surface area (Å²) in [4.78, 5) is 21.7. The molecule has 0 fully saturated rings. The van der Waals surface area contributed by atoms with Crippen LogP contribution in [0.5, 0.6) is 11.5 Å². The molecule has 1 aliphatic rings. The number of nitrogens with zero attached hydrogens (tertiary/aromatic N) is 3. The molecule has 35 heavy (non-hydrogen) atoms. The van der Waals surface area contributed by atoms with Crippen molar-refractivity contribution in [1.82, 2.24) is 14.3 Å². The lowest BCUT2D eigenvalue weighted by molar-refractivity contribution is 0.102. The van der Waals surface area contributed by atoms with E-state index in [4.69, 9.17) is 9.47 Å². The van der Waals surface area contributed by atoms with Gasteiger partial charge in [-0.15, -0.1) is 0 Å².